The normalized spacial score (nSPS) is 48.6. The van der Waals surface area contributed by atoms with Crippen molar-refractivity contribution in [3.8, 4) is 0 Å². The molecule has 0 heteroatoms. The second-order valence-electron chi connectivity index (χ2n) is 7.65. The minimum atomic E-state index is 0.648. The third-order valence-corrected chi connectivity index (χ3v) is 6.66. The van der Waals surface area contributed by atoms with Crippen LogP contribution in [0.2, 0.25) is 0 Å². The summed E-state index contributed by atoms with van der Waals surface area (Å²) in [5, 5.41) is 0. The predicted molar refractivity (Wildman–Crippen MR) is 69.3 cm³/mol. The van der Waals surface area contributed by atoms with E-state index in [-0.39, 0.29) is 0 Å². The molecule has 0 saturated heterocycles. The van der Waals surface area contributed by atoms with E-state index in [2.05, 4.69) is 20.8 Å². The Hall–Kier alpha value is 0. The van der Waals surface area contributed by atoms with Crippen molar-refractivity contribution in [3.63, 3.8) is 0 Å². The maximum Gasteiger partial charge on any atom is -0.0238 e. The van der Waals surface area contributed by atoms with E-state index >= 15 is 0 Å². The molecule has 0 aromatic carbocycles. The van der Waals surface area contributed by atoms with E-state index in [1.807, 2.05) is 0 Å². The quantitative estimate of drug-likeness (QED) is 0.626. The minimum absolute atomic E-state index is 0.648. The van der Waals surface area contributed by atoms with Crippen LogP contribution in [0, 0.1) is 28.6 Å². The Morgan fingerprint density at radius 3 is 2.19 bits per heavy atom. The summed E-state index contributed by atoms with van der Waals surface area (Å²) in [6.45, 7) is 7.56. The Morgan fingerprint density at radius 2 is 1.62 bits per heavy atom. The zero-order valence-corrected chi connectivity index (χ0v) is 11.4. The predicted octanol–water partition coefficient (Wildman–Crippen LogP) is 5.03. The van der Waals surface area contributed by atoms with Gasteiger partial charge in [0.25, 0.3) is 0 Å². The summed E-state index contributed by atoms with van der Waals surface area (Å²) in [5.74, 6) is 3.29. The van der Waals surface area contributed by atoms with Gasteiger partial charge in [0.2, 0.25) is 0 Å². The summed E-state index contributed by atoms with van der Waals surface area (Å²) in [5.41, 5.74) is 1.40. The zero-order valence-electron chi connectivity index (χ0n) is 11.4. The molecule has 92 valence electrons. The van der Waals surface area contributed by atoms with Crippen LogP contribution in [0.1, 0.15) is 72.1 Å². The lowest BCUT2D eigenvalue weighted by Crippen LogP contribution is -2.57. The van der Waals surface area contributed by atoms with Crippen molar-refractivity contribution < 1.29 is 0 Å². The average molecular weight is 220 g/mol. The lowest BCUT2D eigenvalue weighted by Gasteiger charge is -2.66. The molecule has 0 radical (unpaired) electrons. The van der Waals surface area contributed by atoms with Crippen molar-refractivity contribution >= 4 is 0 Å². The maximum atomic E-state index is 2.60. The molecule has 0 heterocycles. The molecule has 4 aliphatic rings. The van der Waals surface area contributed by atoms with E-state index in [4.69, 9.17) is 0 Å². The largest absolute Gasteiger partial charge is 0.0654 e. The van der Waals surface area contributed by atoms with Gasteiger partial charge in [-0.15, -0.1) is 0 Å². The first-order valence-electron chi connectivity index (χ1n) is 7.57. The van der Waals surface area contributed by atoms with E-state index in [1.54, 1.807) is 32.1 Å². The van der Waals surface area contributed by atoms with Crippen LogP contribution in [0.4, 0.5) is 0 Å². The molecule has 0 N–H and O–H groups in total. The number of unbranched alkanes of at least 4 members (excludes halogenated alkanes) is 1. The fourth-order valence-corrected chi connectivity index (χ4v) is 5.68. The van der Waals surface area contributed by atoms with Crippen LogP contribution in [-0.4, -0.2) is 0 Å². The molecule has 0 aromatic heterocycles. The smallest absolute Gasteiger partial charge is 0.0238 e. The third kappa shape index (κ3) is 1.34. The van der Waals surface area contributed by atoms with Gasteiger partial charge in [0.1, 0.15) is 0 Å². The molecule has 0 spiro atoms. The SMILES string of the molecule is CCCCC12CC3CC(CC(C3)C1(C)C)C2. The summed E-state index contributed by atoms with van der Waals surface area (Å²) < 4.78 is 0. The highest BCUT2D eigenvalue weighted by Gasteiger charge is 2.60. The van der Waals surface area contributed by atoms with Crippen LogP contribution in [0.3, 0.4) is 0 Å². The summed E-state index contributed by atoms with van der Waals surface area (Å²) in [7, 11) is 0. The lowest BCUT2D eigenvalue weighted by atomic mass is 9.39. The van der Waals surface area contributed by atoms with Crippen molar-refractivity contribution in [2.75, 3.05) is 0 Å². The van der Waals surface area contributed by atoms with E-state index in [0.717, 1.165) is 23.2 Å². The van der Waals surface area contributed by atoms with Gasteiger partial charge in [0.15, 0.2) is 0 Å². The highest BCUT2D eigenvalue weighted by atomic mass is 14.6. The molecule has 16 heavy (non-hydrogen) atoms. The molecule has 4 aliphatic carbocycles. The average Bonchev–Trinajstić information content (AvgIpc) is 2.23. The fraction of sp³-hybridized carbons (Fsp3) is 1.00. The molecule has 4 saturated carbocycles. The van der Waals surface area contributed by atoms with E-state index in [1.165, 1.54) is 19.3 Å². The summed E-state index contributed by atoms with van der Waals surface area (Å²) >= 11 is 0. The molecule has 2 unspecified atom stereocenters. The van der Waals surface area contributed by atoms with Gasteiger partial charge in [-0.25, -0.2) is 0 Å². The van der Waals surface area contributed by atoms with Crippen LogP contribution in [0.5, 0.6) is 0 Å². The molecule has 0 nitrogen and oxygen atoms in total. The van der Waals surface area contributed by atoms with Gasteiger partial charge in [-0.2, -0.15) is 0 Å². The van der Waals surface area contributed by atoms with Crippen molar-refractivity contribution in [2.24, 2.45) is 28.6 Å². The van der Waals surface area contributed by atoms with Gasteiger partial charge in [-0.3, -0.25) is 0 Å². The Balaban J connectivity index is 1.89. The highest BCUT2D eigenvalue weighted by Crippen LogP contribution is 2.69. The molecule has 0 aromatic rings. The summed E-state index contributed by atoms with van der Waals surface area (Å²) in [4.78, 5) is 0. The first-order valence-corrected chi connectivity index (χ1v) is 7.57. The fourth-order valence-electron chi connectivity index (χ4n) is 5.68. The number of hydrogen-bond donors (Lipinski definition) is 0. The molecule has 4 fully saturated rings. The summed E-state index contributed by atoms with van der Waals surface area (Å²) in [6, 6.07) is 0. The molecular formula is C16H28. The second-order valence-corrected chi connectivity index (χ2v) is 7.65. The van der Waals surface area contributed by atoms with E-state index in [0.29, 0.717) is 5.41 Å². The van der Waals surface area contributed by atoms with Crippen LogP contribution in [-0.2, 0) is 0 Å². The third-order valence-electron chi connectivity index (χ3n) is 6.66. The molecular weight excluding hydrogens is 192 g/mol. The second kappa shape index (κ2) is 3.50. The molecule has 0 amide bonds. The zero-order chi connectivity index (χ0) is 11.4. The standard InChI is InChI=1S/C16H28/c1-4-5-6-16-10-12-7-13(11-16)9-14(8-12)15(16,2)3/h12-14H,4-11H2,1-3H3. The lowest BCUT2D eigenvalue weighted by molar-refractivity contribution is -0.164. The Bertz CT molecular complexity index is 262. The van der Waals surface area contributed by atoms with Crippen molar-refractivity contribution in [1.82, 2.24) is 0 Å². The van der Waals surface area contributed by atoms with Crippen LogP contribution in [0.15, 0.2) is 0 Å². The number of rotatable bonds is 3. The summed E-state index contributed by atoms with van der Waals surface area (Å²) in [6.07, 6.45) is 12.3. The molecule has 4 bridgehead atoms. The Kier molecular flexibility index (Phi) is 2.43. The van der Waals surface area contributed by atoms with Gasteiger partial charge >= 0.3 is 0 Å². The maximum absolute atomic E-state index is 2.60. The number of hydrogen-bond acceptors (Lipinski definition) is 0. The Morgan fingerprint density at radius 1 is 1.00 bits per heavy atom. The Labute approximate surface area is 101 Å². The van der Waals surface area contributed by atoms with Crippen LogP contribution < -0.4 is 0 Å². The minimum Gasteiger partial charge on any atom is -0.0654 e. The van der Waals surface area contributed by atoms with E-state index in [9.17, 15) is 0 Å². The molecule has 2 atom stereocenters. The molecule has 4 rings (SSSR count). The first-order chi connectivity index (χ1) is 7.57. The van der Waals surface area contributed by atoms with E-state index < -0.39 is 0 Å². The van der Waals surface area contributed by atoms with Crippen molar-refractivity contribution in [1.29, 1.82) is 0 Å². The first kappa shape index (κ1) is 11.1. The highest BCUT2D eigenvalue weighted by molar-refractivity contribution is 5.10. The van der Waals surface area contributed by atoms with Gasteiger partial charge in [-0.05, 0) is 67.1 Å². The van der Waals surface area contributed by atoms with Gasteiger partial charge < -0.3 is 0 Å². The van der Waals surface area contributed by atoms with Gasteiger partial charge in [-0.1, -0.05) is 33.6 Å². The van der Waals surface area contributed by atoms with Gasteiger partial charge in [0.05, 0.1) is 0 Å². The topological polar surface area (TPSA) is 0 Å². The monoisotopic (exact) mass is 220 g/mol. The van der Waals surface area contributed by atoms with Crippen molar-refractivity contribution in [3.05, 3.63) is 0 Å². The van der Waals surface area contributed by atoms with Crippen LogP contribution >= 0.6 is 0 Å². The van der Waals surface area contributed by atoms with Crippen molar-refractivity contribution in [2.45, 2.75) is 72.1 Å². The van der Waals surface area contributed by atoms with Crippen LogP contribution in [0.25, 0.3) is 0 Å². The van der Waals surface area contributed by atoms with Gasteiger partial charge in [0, 0.05) is 0 Å². The molecule has 0 aliphatic heterocycles.